The molecule has 5 heteroatoms. The van der Waals surface area contributed by atoms with Crippen molar-refractivity contribution in [1.29, 1.82) is 0 Å². The highest BCUT2D eigenvalue weighted by molar-refractivity contribution is 6.07. The molecule has 1 amide bonds. The van der Waals surface area contributed by atoms with Crippen LogP contribution in [0.2, 0.25) is 0 Å². The van der Waals surface area contributed by atoms with E-state index >= 15 is 0 Å². The lowest BCUT2D eigenvalue weighted by Crippen LogP contribution is -2.62. The van der Waals surface area contributed by atoms with Crippen LogP contribution in [0.3, 0.4) is 0 Å². The number of hydrogen-bond donors (Lipinski definition) is 0. The van der Waals surface area contributed by atoms with Gasteiger partial charge in [0.25, 0.3) is 5.91 Å². The lowest BCUT2D eigenvalue weighted by atomic mass is 9.93. The molecular weight excluding hydrogens is 210 g/mol. The molecule has 0 radical (unpaired) electrons. The molecule has 0 aromatic rings. The molecule has 0 aromatic carbocycles. The van der Waals surface area contributed by atoms with E-state index in [0.717, 1.165) is 25.9 Å². The van der Waals surface area contributed by atoms with E-state index in [0.29, 0.717) is 13.0 Å². The average molecular weight is 227 g/mol. The van der Waals surface area contributed by atoms with Gasteiger partial charge in [0.1, 0.15) is 0 Å². The minimum atomic E-state index is -1.32. The summed E-state index contributed by atoms with van der Waals surface area (Å²) < 4.78 is 10.2. The Morgan fingerprint density at radius 1 is 1.38 bits per heavy atom. The van der Waals surface area contributed by atoms with E-state index in [1.54, 1.807) is 11.8 Å². The normalized spacial score (nSPS) is 28.7. The summed E-state index contributed by atoms with van der Waals surface area (Å²) in [6, 6.07) is 0. The number of carbonyl (C=O) groups is 2. The fraction of sp³-hybridized carbons (Fsp3) is 0.818. The molecule has 0 aliphatic carbocycles. The van der Waals surface area contributed by atoms with Crippen molar-refractivity contribution in [3.8, 4) is 0 Å². The number of rotatable bonds is 3. The Bertz CT molecular complexity index is 292. The summed E-state index contributed by atoms with van der Waals surface area (Å²) in [4.78, 5) is 25.6. The number of carbonyl (C=O) groups excluding carboxylic acids is 2. The molecule has 0 aromatic heterocycles. The highest BCUT2D eigenvalue weighted by Gasteiger charge is 2.56. The SMILES string of the molecule is CCOC(=O)[C@]1(C(=O)N2CCCC2)CCO1. The van der Waals surface area contributed by atoms with Crippen LogP contribution in [-0.2, 0) is 19.1 Å². The van der Waals surface area contributed by atoms with Gasteiger partial charge in [-0.25, -0.2) is 4.79 Å². The van der Waals surface area contributed by atoms with Gasteiger partial charge in [-0.05, 0) is 19.8 Å². The quantitative estimate of drug-likeness (QED) is 0.515. The first-order valence-electron chi connectivity index (χ1n) is 5.81. The number of amides is 1. The highest BCUT2D eigenvalue weighted by Crippen LogP contribution is 2.31. The summed E-state index contributed by atoms with van der Waals surface area (Å²) >= 11 is 0. The zero-order valence-electron chi connectivity index (χ0n) is 9.53. The minimum Gasteiger partial charge on any atom is -0.463 e. The molecule has 2 heterocycles. The standard InChI is InChI=1S/C11H17NO4/c1-2-15-10(14)11(5-8-16-11)9(13)12-6-3-4-7-12/h2-8H2,1H3/t11-/m1/s1. The Labute approximate surface area is 94.7 Å². The van der Waals surface area contributed by atoms with Crippen molar-refractivity contribution in [1.82, 2.24) is 4.90 Å². The first kappa shape index (κ1) is 11.4. The maximum Gasteiger partial charge on any atom is 0.348 e. The molecule has 16 heavy (non-hydrogen) atoms. The fourth-order valence-electron chi connectivity index (χ4n) is 2.15. The lowest BCUT2D eigenvalue weighted by molar-refractivity contribution is -0.207. The molecule has 0 N–H and O–H groups in total. The molecule has 0 saturated carbocycles. The largest absolute Gasteiger partial charge is 0.463 e. The molecule has 2 aliphatic heterocycles. The van der Waals surface area contributed by atoms with Gasteiger partial charge in [0.05, 0.1) is 13.2 Å². The van der Waals surface area contributed by atoms with E-state index in [4.69, 9.17) is 9.47 Å². The smallest absolute Gasteiger partial charge is 0.348 e. The van der Waals surface area contributed by atoms with Crippen LogP contribution >= 0.6 is 0 Å². The third-order valence-corrected chi connectivity index (χ3v) is 3.15. The second-order valence-corrected chi connectivity index (χ2v) is 4.15. The van der Waals surface area contributed by atoms with Crippen LogP contribution in [0.4, 0.5) is 0 Å². The number of hydrogen-bond acceptors (Lipinski definition) is 4. The van der Waals surface area contributed by atoms with Gasteiger partial charge >= 0.3 is 5.97 Å². The van der Waals surface area contributed by atoms with Crippen molar-refractivity contribution in [3.05, 3.63) is 0 Å². The summed E-state index contributed by atoms with van der Waals surface area (Å²) in [5.74, 6) is -0.743. The topological polar surface area (TPSA) is 55.8 Å². The van der Waals surface area contributed by atoms with Crippen molar-refractivity contribution in [2.24, 2.45) is 0 Å². The first-order valence-corrected chi connectivity index (χ1v) is 5.81. The Kier molecular flexibility index (Phi) is 3.14. The van der Waals surface area contributed by atoms with Crippen LogP contribution in [0.15, 0.2) is 0 Å². The van der Waals surface area contributed by atoms with Crippen LogP contribution < -0.4 is 0 Å². The molecular formula is C11H17NO4. The molecule has 5 nitrogen and oxygen atoms in total. The van der Waals surface area contributed by atoms with E-state index in [-0.39, 0.29) is 12.5 Å². The van der Waals surface area contributed by atoms with Gasteiger partial charge in [0.15, 0.2) is 0 Å². The summed E-state index contributed by atoms with van der Waals surface area (Å²) in [5, 5.41) is 0. The number of esters is 1. The van der Waals surface area contributed by atoms with Crippen LogP contribution in [-0.4, -0.2) is 48.7 Å². The van der Waals surface area contributed by atoms with Gasteiger partial charge in [-0.15, -0.1) is 0 Å². The predicted octanol–water partition coefficient (Wildman–Crippen LogP) is 0.331. The van der Waals surface area contributed by atoms with Gasteiger partial charge in [0.2, 0.25) is 5.60 Å². The summed E-state index contributed by atoms with van der Waals surface area (Å²) in [6.07, 6.45) is 2.45. The third-order valence-electron chi connectivity index (χ3n) is 3.15. The molecule has 2 saturated heterocycles. The first-order chi connectivity index (χ1) is 7.70. The van der Waals surface area contributed by atoms with E-state index < -0.39 is 11.6 Å². The molecule has 90 valence electrons. The molecule has 0 spiro atoms. The molecule has 2 rings (SSSR count). The second kappa shape index (κ2) is 4.41. The van der Waals surface area contributed by atoms with Crippen molar-refractivity contribution in [2.45, 2.75) is 31.8 Å². The Morgan fingerprint density at radius 3 is 2.44 bits per heavy atom. The predicted molar refractivity (Wildman–Crippen MR) is 55.7 cm³/mol. The van der Waals surface area contributed by atoms with Gasteiger partial charge in [-0.3, -0.25) is 4.79 Å². The maximum atomic E-state index is 12.2. The van der Waals surface area contributed by atoms with Crippen molar-refractivity contribution < 1.29 is 19.1 Å². The van der Waals surface area contributed by atoms with Gasteiger partial charge < -0.3 is 14.4 Å². The fourth-order valence-corrected chi connectivity index (χ4v) is 2.15. The van der Waals surface area contributed by atoms with E-state index in [2.05, 4.69) is 0 Å². The van der Waals surface area contributed by atoms with Gasteiger partial charge in [0, 0.05) is 19.5 Å². The monoisotopic (exact) mass is 227 g/mol. The van der Waals surface area contributed by atoms with Crippen LogP contribution in [0.1, 0.15) is 26.2 Å². The minimum absolute atomic E-state index is 0.213. The van der Waals surface area contributed by atoms with E-state index in [1.165, 1.54) is 0 Å². The zero-order chi connectivity index (χ0) is 11.6. The van der Waals surface area contributed by atoms with Gasteiger partial charge in [-0.2, -0.15) is 0 Å². The summed E-state index contributed by atoms with van der Waals surface area (Å²) in [5.41, 5.74) is -1.32. The van der Waals surface area contributed by atoms with E-state index in [9.17, 15) is 9.59 Å². The molecule has 0 bridgehead atoms. The van der Waals surface area contributed by atoms with Crippen molar-refractivity contribution >= 4 is 11.9 Å². The summed E-state index contributed by atoms with van der Waals surface area (Å²) in [7, 11) is 0. The molecule has 0 unspecified atom stereocenters. The molecule has 2 aliphatic rings. The number of likely N-dealkylation sites (tertiary alicyclic amines) is 1. The zero-order valence-corrected chi connectivity index (χ0v) is 9.53. The van der Waals surface area contributed by atoms with E-state index in [1.807, 2.05) is 0 Å². The molecule has 2 fully saturated rings. The summed E-state index contributed by atoms with van der Waals surface area (Å²) in [6.45, 7) is 3.91. The Hall–Kier alpha value is -1.10. The Morgan fingerprint density at radius 2 is 2.00 bits per heavy atom. The highest BCUT2D eigenvalue weighted by atomic mass is 16.6. The van der Waals surface area contributed by atoms with Crippen molar-refractivity contribution in [2.75, 3.05) is 26.3 Å². The third kappa shape index (κ3) is 1.69. The van der Waals surface area contributed by atoms with Crippen LogP contribution in [0.5, 0.6) is 0 Å². The maximum absolute atomic E-state index is 12.2. The number of ether oxygens (including phenoxy) is 2. The van der Waals surface area contributed by atoms with Crippen LogP contribution in [0.25, 0.3) is 0 Å². The lowest BCUT2D eigenvalue weighted by Gasteiger charge is -2.39. The number of nitrogens with zero attached hydrogens (tertiary/aromatic N) is 1. The Balaban J connectivity index is 2.08. The molecule has 1 atom stereocenters. The van der Waals surface area contributed by atoms with Crippen LogP contribution in [0, 0.1) is 0 Å². The van der Waals surface area contributed by atoms with Crippen molar-refractivity contribution in [3.63, 3.8) is 0 Å². The second-order valence-electron chi connectivity index (χ2n) is 4.15. The van der Waals surface area contributed by atoms with Gasteiger partial charge in [-0.1, -0.05) is 0 Å². The average Bonchev–Trinajstić information content (AvgIpc) is 2.68.